The van der Waals surface area contributed by atoms with E-state index in [0.29, 0.717) is 6.54 Å². The molecule has 0 spiro atoms. The van der Waals surface area contributed by atoms with Crippen molar-refractivity contribution in [2.45, 2.75) is 6.54 Å². The van der Waals surface area contributed by atoms with Crippen LogP contribution in [0.3, 0.4) is 0 Å². The van der Waals surface area contributed by atoms with Crippen molar-refractivity contribution in [1.82, 2.24) is 15.2 Å². The average molecular weight is 179 g/mol. The van der Waals surface area contributed by atoms with E-state index in [0.717, 1.165) is 5.56 Å². The quantitative estimate of drug-likeness (QED) is 0.731. The molecule has 0 unspecified atom stereocenters. The van der Waals surface area contributed by atoms with Gasteiger partial charge in [-0.25, -0.2) is 4.79 Å². The molecule has 4 heteroatoms. The van der Waals surface area contributed by atoms with E-state index in [1.807, 2.05) is 12.1 Å². The molecule has 4 nitrogen and oxygen atoms in total. The van der Waals surface area contributed by atoms with Crippen LogP contribution in [0.5, 0.6) is 0 Å². The van der Waals surface area contributed by atoms with Gasteiger partial charge in [0.1, 0.15) is 0 Å². The number of nitrogens with one attached hydrogen (secondary N) is 1. The van der Waals surface area contributed by atoms with Crippen molar-refractivity contribution in [3.63, 3.8) is 0 Å². The molecule has 0 saturated heterocycles. The second-order valence-electron chi connectivity index (χ2n) is 2.77. The number of nitrogens with zero attached hydrogens (tertiary/aromatic N) is 2. The maximum atomic E-state index is 11.1. The van der Waals surface area contributed by atoms with Gasteiger partial charge < -0.3 is 10.2 Å². The summed E-state index contributed by atoms with van der Waals surface area (Å²) in [4.78, 5) is 16.6. The summed E-state index contributed by atoms with van der Waals surface area (Å²) in [5.41, 5.74) is 1.07. The number of carbonyl (C=O) groups excluding carboxylic acids is 1. The minimum atomic E-state index is -0.0863. The molecule has 0 atom stereocenters. The Balaban J connectivity index is 2.55. The van der Waals surface area contributed by atoms with Gasteiger partial charge in [-0.2, -0.15) is 0 Å². The van der Waals surface area contributed by atoms with Gasteiger partial charge in [0.2, 0.25) is 0 Å². The number of urea groups is 1. The molecule has 13 heavy (non-hydrogen) atoms. The van der Waals surface area contributed by atoms with Crippen molar-refractivity contribution < 1.29 is 4.79 Å². The van der Waals surface area contributed by atoms with Crippen LogP contribution in [-0.2, 0) is 6.54 Å². The third-order valence-electron chi connectivity index (χ3n) is 1.73. The summed E-state index contributed by atoms with van der Waals surface area (Å²) in [5, 5.41) is 2.56. The lowest BCUT2D eigenvalue weighted by molar-refractivity contribution is 0.209. The molecule has 0 bridgehead atoms. The highest BCUT2D eigenvalue weighted by Gasteiger charge is 2.05. The SMILES string of the molecule is CNC(=O)N(C)Cc1ccncc1. The molecule has 0 radical (unpaired) electrons. The highest BCUT2D eigenvalue weighted by molar-refractivity contribution is 5.73. The van der Waals surface area contributed by atoms with Crippen LogP contribution in [0.4, 0.5) is 4.79 Å². The van der Waals surface area contributed by atoms with E-state index in [1.165, 1.54) is 0 Å². The summed E-state index contributed by atoms with van der Waals surface area (Å²) in [6.45, 7) is 0.599. The molecule has 0 aromatic carbocycles. The molecule has 0 aliphatic rings. The third kappa shape index (κ3) is 2.74. The van der Waals surface area contributed by atoms with Crippen LogP contribution in [0, 0.1) is 0 Å². The van der Waals surface area contributed by atoms with E-state index in [1.54, 1.807) is 31.4 Å². The number of pyridine rings is 1. The predicted molar refractivity (Wildman–Crippen MR) is 50.2 cm³/mol. The normalized spacial score (nSPS) is 9.38. The van der Waals surface area contributed by atoms with E-state index in [-0.39, 0.29) is 6.03 Å². The van der Waals surface area contributed by atoms with Gasteiger partial charge in [0.15, 0.2) is 0 Å². The number of hydrogen-bond acceptors (Lipinski definition) is 2. The second-order valence-corrected chi connectivity index (χ2v) is 2.77. The zero-order chi connectivity index (χ0) is 9.68. The molecule has 0 saturated carbocycles. The average Bonchev–Trinajstić information content (AvgIpc) is 2.18. The van der Waals surface area contributed by atoms with Crippen molar-refractivity contribution >= 4 is 6.03 Å². The topological polar surface area (TPSA) is 45.2 Å². The fourth-order valence-corrected chi connectivity index (χ4v) is 1.02. The Labute approximate surface area is 77.6 Å². The Bertz CT molecular complexity index is 273. The molecule has 0 aliphatic carbocycles. The molecule has 0 fully saturated rings. The zero-order valence-corrected chi connectivity index (χ0v) is 7.82. The van der Waals surface area contributed by atoms with E-state index in [9.17, 15) is 4.79 Å². The summed E-state index contributed by atoms with van der Waals surface area (Å²) in [5.74, 6) is 0. The fourth-order valence-electron chi connectivity index (χ4n) is 1.02. The lowest BCUT2D eigenvalue weighted by atomic mass is 10.2. The van der Waals surface area contributed by atoms with Crippen LogP contribution in [0.2, 0.25) is 0 Å². The number of hydrogen-bond donors (Lipinski definition) is 1. The van der Waals surface area contributed by atoms with Crippen molar-refractivity contribution in [3.8, 4) is 0 Å². The summed E-state index contributed by atoms with van der Waals surface area (Å²) >= 11 is 0. The van der Waals surface area contributed by atoms with E-state index < -0.39 is 0 Å². The molecule has 1 N–H and O–H groups in total. The van der Waals surface area contributed by atoms with E-state index in [2.05, 4.69) is 10.3 Å². The van der Waals surface area contributed by atoms with Crippen molar-refractivity contribution in [2.24, 2.45) is 0 Å². The molecule has 1 heterocycles. The number of amides is 2. The lowest BCUT2D eigenvalue weighted by Crippen LogP contribution is -2.34. The maximum absolute atomic E-state index is 11.1. The summed E-state index contributed by atoms with van der Waals surface area (Å²) in [6, 6.07) is 3.69. The monoisotopic (exact) mass is 179 g/mol. The lowest BCUT2D eigenvalue weighted by Gasteiger charge is -2.15. The Morgan fingerprint density at radius 2 is 2.15 bits per heavy atom. The van der Waals surface area contributed by atoms with Crippen molar-refractivity contribution in [3.05, 3.63) is 30.1 Å². The number of carbonyl (C=O) groups is 1. The van der Waals surface area contributed by atoms with Gasteiger partial charge in [-0.3, -0.25) is 4.98 Å². The van der Waals surface area contributed by atoms with Gasteiger partial charge in [0.25, 0.3) is 0 Å². The molecule has 1 aromatic heterocycles. The van der Waals surface area contributed by atoms with Gasteiger partial charge in [0.05, 0.1) is 0 Å². The van der Waals surface area contributed by atoms with Crippen LogP contribution in [-0.4, -0.2) is 30.0 Å². The van der Waals surface area contributed by atoms with Gasteiger partial charge in [-0.1, -0.05) is 0 Å². The minimum absolute atomic E-state index is 0.0863. The number of rotatable bonds is 2. The summed E-state index contributed by atoms with van der Waals surface area (Å²) < 4.78 is 0. The first-order chi connectivity index (χ1) is 6.24. The smallest absolute Gasteiger partial charge is 0.317 e. The largest absolute Gasteiger partial charge is 0.341 e. The standard InChI is InChI=1S/C9H13N3O/c1-10-9(13)12(2)7-8-3-5-11-6-4-8/h3-6H,7H2,1-2H3,(H,10,13). The van der Waals surface area contributed by atoms with Crippen LogP contribution in [0.1, 0.15) is 5.56 Å². The van der Waals surface area contributed by atoms with Gasteiger partial charge in [-0.15, -0.1) is 0 Å². The predicted octanol–water partition coefficient (Wildman–Crippen LogP) is 0.853. The Kier molecular flexibility index (Phi) is 3.25. The second kappa shape index (κ2) is 4.45. The molecule has 1 rings (SSSR count). The van der Waals surface area contributed by atoms with Gasteiger partial charge >= 0.3 is 6.03 Å². The molecular weight excluding hydrogens is 166 g/mol. The van der Waals surface area contributed by atoms with E-state index >= 15 is 0 Å². The molecular formula is C9H13N3O. The first-order valence-electron chi connectivity index (χ1n) is 4.06. The van der Waals surface area contributed by atoms with Gasteiger partial charge in [0, 0.05) is 33.0 Å². The van der Waals surface area contributed by atoms with Crippen LogP contribution in [0.15, 0.2) is 24.5 Å². The maximum Gasteiger partial charge on any atom is 0.317 e. The molecule has 0 aliphatic heterocycles. The van der Waals surface area contributed by atoms with Crippen molar-refractivity contribution in [1.29, 1.82) is 0 Å². The van der Waals surface area contributed by atoms with E-state index in [4.69, 9.17) is 0 Å². The first kappa shape index (κ1) is 9.51. The Morgan fingerprint density at radius 1 is 1.54 bits per heavy atom. The Morgan fingerprint density at radius 3 is 2.69 bits per heavy atom. The van der Waals surface area contributed by atoms with Gasteiger partial charge in [-0.05, 0) is 17.7 Å². The molecule has 2 amide bonds. The Hall–Kier alpha value is -1.58. The third-order valence-corrected chi connectivity index (χ3v) is 1.73. The minimum Gasteiger partial charge on any atom is -0.341 e. The highest BCUT2D eigenvalue weighted by atomic mass is 16.2. The van der Waals surface area contributed by atoms with Crippen molar-refractivity contribution in [2.75, 3.05) is 14.1 Å². The molecule has 1 aromatic rings. The van der Waals surface area contributed by atoms with Crippen LogP contribution < -0.4 is 5.32 Å². The fraction of sp³-hybridized carbons (Fsp3) is 0.333. The summed E-state index contributed by atoms with van der Waals surface area (Å²) in [7, 11) is 3.37. The van der Waals surface area contributed by atoms with Crippen LogP contribution in [0.25, 0.3) is 0 Å². The zero-order valence-electron chi connectivity index (χ0n) is 7.82. The highest BCUT2D eigenvalue weighted by Crippen LogP contribution is 2.00. The molecule has 70 valence electrons. The van der Waals surface area contributed by atoms with Crippen LogP contribution >= 0.6 is 0 Å². The summed E-state index contributed by atoms with van der Waals surface area (Å²) in [6.07, 6.45) is 3.43. The first-order valence-corrected chi connectivity index (χ1v) is 4.06. The number of aromatic nitrogens is 1.